The number of aromatic nitrogens is 4. The van der Waals surface area contributed by atoms with Crippen molar-refractivity contribution in [1.29, 1.82) is 0 Å². The summed E-state index contributed by atoms with van der Waals surface area (Å²) in [6.07, 6.45) is 6.91. The molecule has 10 nitrogen and oxygen atoms in total. The second-order valence-electron chi connectivity index (χ2n) is 14.2. The molecule has 5 heterocycles. The van der Waals surface area contributed by atoms with E-state index < -0.39 is 11.2 Å². The predicted octanol–water partition coefficient (Wildman–Crippen LogP) is 10.8. The van der Waals surface area contributed by atoms with Crippen LogP contribution in [0.4, 0.5) is 11.4 Å². The molecule has 0 aliphatic carbocycles. The Balaban J connectivity index is 1.27. The van der Waals surface area contributed by atoms with Gasteiger partial charge in [0.2, 0.25) is 0 Å². The zero-order valence-electron chi connectivity index (χ0n) is 31.8. The van der Waals surface area contributed by atoms with Crippen LogP contribution in [0.2, 0.25) is 0 Å². The summed E-state index contributed by atoms with van der Waals surface area (Å²) in [6, 6.07) is 40.7. The Hall–Kier alpha value is -6.80. The third kappa shape index (κ3) is 6.04. The third-order valence-corrected chi connectivity index (χ3v) is 14.5. The zero-order valence-corrected chi connectivity index (χ0v) is 34.2. The van der Waals surface area contributed by atoms with Crippen molar-refractivity contribution in [2.45, 2.75) is 35.9 Å². The molecule has 292 valence electrons. The van der Waals surface area contributed by atoms with Gasteiger partial charge in [-0.25, -0.2) is 15.3 Å². The molecule has 0 bridgehead atoms. The Morgan fingerprint density at radius 1 is 0.733 bits per heavy atom. The normalized spacial score (nSPS) is 13.5. The van der Waals surface area contributed by atoms with Crippen LogP contribution >= 0.6 is 35.3 Å². The lowest BCUT2D eigenvalue weighted by Gasteiger charge is -2.33. The van der Waals surface area contributed by atoms with Crippen LogP contribution in [0.15, 0.2) is 185 Å². The molecule has 3 N–H and O–H groups in total. The molecule has 0 fully saturated rings. The number of aryl methyl sites for hydroxylation is 1. The highest BCUT2D eigenvalue weighted by molar-refractivity contribution is 8.05. The number of H-pyrrole nitrogens is 1. The summed E-state index contributed by atoms with van der Waals surface area (Å²) in [5.74, 6) is 1.37. The number of allylic oxidation sites excluding steroid dienone is 2. The minimum Gasteiger partial charge on any atom is -0.456 e. The molecule has 0 saturated carbocycles. The highest BCUT2D eigenvalue weighted by Crippen LogP contribution is 2.59. The Labute approximate surface area is 356 Å². The van der Waals surface area contributed by atoms with E-state index in [0.29, 0.717) is 17.1 Å². The standard InChI is InChI=1S/C47H32N6O4S3/c1-52-45-41(48-26-49-45)46(54)53(47(52)55)25-30-38(29-17-10-23-36-42(29)59-35-22-9-8-21-34(35)58-36)37(27-13-4-2-5-14-27)39(31-19-12-24-56-51-31)40-43(30)60-44-32(50-40)18-11-20-33(44)57-28-15-6-3-7-16-28/h2-24,26,50-51H,25H2,1H3,(H,48,49). The van der Waals surface area contributed by atoms with Crippen LogP contribution in [0.25, 0.3) is 39.1 Å². The fourth-order valence-electron chi connectivity index (χ4n) is 7.95. The van der Waals surface area contributed by atoms with Crippen molar-refractivity contribution < 1.29 is 9.57 Å². The van der Waals surface area contributed by atoms with Crippen LogP contribution in [0.5, 0.6) is 11.5 Å². The van der Waals surface area contributed by atoms with E-state index in [0.717, 1.165) is 74.9 Å². The van der Waals surface area contributed by atoms with Crippen molar-refractivity contribution in [2.24, 2.45) is 7.05 Å². The molecule has 0 amide bonds. The number of imidazole rings is 1. The van der Waals surface area contributed by atoms with E-state index in [9.17, 15) is 9.59 Å². The molecule has 0 atom stereocenters. The van der Waals surface area contributed by atoms with Crippen molar-refractivity contribution in [3.8, 4) is 33.8 Å². The minimum absolute atomic E-state index is 0.0507. The van der Waals surface area contributed by atoms with E-state index in [-0.39, 0.29) is 12.1 Å². The van der Waals surface area contributed by atoms with Gasteiger partial charge in [0.25, 0.3) is 5.56 Å². The summed E-state index contributed by atoms with van der Waals surface area (Å²) < 4.78 is 9.30. The summed E-state index contributed by atoms with van der Waals surface area (Å²) in [4.78, 5) is 48.2. The fourth-order valence-corrected chi connectivity index (χ4v) is 11.5. The third-order valence-electron chi connectivity index (χ3n) is 10.6. The number of rotatable bonds is 7. The number of para-hydroxylation sites is 1. The lowest BCUT2D eigenvalue weighted by atomic mass is 9.84. The van der Waals surface area contributed by atoms with Crippen LogP contribution in [0, 0.1) is 0 Å². The van der Waals surface area contributed by atoms with E-state index in [1.807, 2.05) is 78.9 Å². The first-order valence-electron chi connectivity index (χ1n) is 19.1. The number of fused-ring (bicyclic) bond motifs is 5. The quantitative estimate of drug-likeness (QED) is 0.143. The zero-order chi connectivity index (χ0) is 40.3. The first-order chi connectivity index (χ1) is 29.5. The first-order valence-corrected chi connectivity index (χ1v) is 21.6. The number of anilines is 2. The van der Waals surface area contributed by atoms with E-state index in [1.165, 1.54) is 20.4 Å². The second kappa shape index (κ2) is 14.8. The van der Waals surface area contributed by atoms with Gasteiger partial charge in [-0.3, -0.25) is 13.9 Å². The predicted molar refractivity (Wildman–Crippen MR) is 238 cm³/mol. The molecule has 3 aliphatic heterocycles. The Morgan fingerprint density at radius 3 is 2.28 bits per heavy atom. The maximum absolute atomic E-state index is 14.5. The second-order valence-corrected chi connectivity index (χ2v) is 17.4. The molecule has 0 unspecified atom stereocenters. The summed E-state index contributed by atoms with van der Waals surface area (Å²) in [7, 11) is 1.64. The summed E-state index contributed by atoms with van der Waals surface area (Å²) in [5, 5.41) is 3.83. The lowest BCUT2D eigenvalue weighted by Crippen LogP contribution is -2.39. The van der Waals surface area contributed by atoms with Gasteiger partial charge in [0.15, 0.2) is 5.65 Å². The summed E-state index contributed by atoms with van der Waals surface area (Å²) in [5.41, 5.74) is 10.5. The van der Waals surface area contributed by atoms with E-state index in [1.54, 1.807) is 48.6 Å². The van der Waals surface area contributed by atoms with Gasteiger partial charge in [-0.15, -0.1) is 0 Å². The molecule has 11 rings (SSSR count). The van der Waals surface area contributed by atoms with Crippen LogP contribution in [-0.2, 0) is 18.4 Å². The molecule has 8 aromatic rings. The van der Waals surface area contributed by atoms with Gasteiger partial charge in [0, 0.05) is 42.7 Å². The molecule has 3 aliphatic rings. The first kappa shape index (κ1) is 36.3. The van der Waals surface area contributed by atoms with Crippen molar-refractivity contribution >= 4 is 63.5 Å². The van der Waals surface area contributed by atoms with Gasteiger partial charge >= 0.3 is 5.69 Å². The average Bonchev–Trinajstić information content (AvgIpc) is 3.80. The van der Waals surface area contributed by atoms with Crippen molar-refractivity contribution in [3.05, 3.63) is 178 Å². The highest BCUT2D eigenvalue weighted by Gasteiger charge is 2.35. The number of nitrogens with zero attached hydrogens (tertiary/aromatic N) is 3. The average molecular weight is 841 g/mol. The van der Waals surface area contributed by atoms with E-state index in [2.05, 4.69) is 75.4 Å². The maximum Gasteiger partial charge on any atom is 0.332 e. The number of hydrogen-bond acceptors (Lipinski definition) is 10. The maximum atomic E-state index is 14.5. The van der Waals surface area contributed by atoms with Gasteiger partial charge in [0.1, 0.15) is 23.3 Å². The number of benzene rings is 6. The molecular formula is C47H32N6O4S3. The topological polar surface area (TPSA) is 115 Å². The number of nitrogens with one attached hydrogen (secondary N) is 3. The number of aromatic amines is 1. The molecule has 60 heavy (non-hydrogen) atoms. The number of hydrogen-bond donors (Lipinski definition) is 3. The van der Waals surface area contributed by atoms with Crippen LogP contribution in [0.3, 0.4) is 0 Å². The fraction of sp³-hybridized carbons (Fsp3) is 0.0426. The smallest absolute Gasteiger partial charge is 0.332 e. The van der Waals surface area contributed by atoms with E-state index >= 15 is 0 Å². The molecule has 2 aromatic heterocycles. The number of hydroxylamine groups is 1. The van der Waals surface area contributed by atoms with Gasteiger partial charge in [-0.05, 0) is 76.9 Å². The van der Waals surface area contributed by atoms with Crippen LogP contribution in [0.1, 0.15) is 11.1 Å². The minimum atomic E-state index is -0.476. The van der Waals surface area contributed by atoms with Crippen molar-refractivity contribution in [3.63, 3.8) is 0 Å². The van der Waals surface area contributed by atoms with E-state index in [4.69, 9.17) is 9.57 Å². The Bertz CT molecular complexity index is 3230. The van der Waals surface area contributed by atoms with Gasteiger partial charge in [-0.1, -0.05) is 114 Å². The molecular weight excluding hydrogens is 809 g/mol. The van der Waals surface area contributed by atoms with Crippen molar-refractivity contribution in [1.82, 2.24) is 24.6 Å². The monoisotopic (exact) mass is 840 g/mol. The Kier molecular flexibility index (Phi) is 8.94. The van der Waals surface area contributed by atoms with Crippen LogP contribution in [-0.4, -0.2) is 19.1 Å². The van der Waals surface area contributed by atoms with Gasteiger partial charge in [0.05, 0.1) is 34.8 Å². The largest absolute Gasteiger partial charge is 0.456 e. The summed E-state index contributed by atoms with van der Waals surface area (Å²) >= 11 is 5.02. The number of ether oxygens (including phenoxy) is 1. The molecule has 0 saturated heterocycles. The summed E-state index contributed by atoms with van der Waals surface area (Å²) in [6.45, 7) is -0.0507. The molecule has 6 aromatic carbocycles. The van der Waals surface area contributed by atoms with Gasteiger partial charge < -0.3 is 19.9 Å². The van der Waals surface area contributed by atoms with Crippen LogP contribution < -0.4 is 26.8 Å². The van der Waals surface area contributed by atoms with Gasteiger partial charge in [-0.2, -0.15) is 0 Å². The molecule has 0 spiro atoms. The van der Waals surface area contributed by atoms with Crippen molar-refractivity contribution in [2.75, 3.05) is 5.32 Å². The SMILES string of the molecule is Cn1c(=O)n(Cc2c3c(c(C4=CC=CON4)c(-c4ccccc4)c2-c2cccc4c2Sc2ccccc2S4)Nc2cccc(Oc4ccccc4)c2S3)c(=O)c2[nH]cnc21. The Morgan fingerprint density at radius 2 is 1.48 bits per heavy atom. The highest BCUT2D eigenvalue weighted by atomic mass is 32.2. The lowest BCUT2D eigenvalue weighted by molar-refractivity contribution is 0.182. The molecule has 13 heteroatoms. The molecule has 0 radical (unpaired) electrons.